The van der Waals surface area contributed by atoms with Crippen molar-refractivity contribution in [3.63, 3.8) is 0 Å². The highest BCUT2D eigenvalue weighted by atomic mass is 127. The van der Waals surface area contributed by atoms with Gasteiger partial charge in [0.1, 0.15) is 11.5 Å². The average Bonchev–Trinajstić information content (AvgIpc) is 2.24. The Hall–Kier alpha value is -1.30. The summed E-state index contributed by atoms with van der Waals surface area (Å²) in [5, 5.41) is 0. The Labute approximate surface area is 101 Å². The molecule has 2 N–H and O–H groups in total. The van der Waals surface area contributed by atoms with Gasteiger partial charge in [-0.15, -0.1) is 0 Å². The minimum absolute atomic E-state index is 0.630. The lowest BCUT2D eigenvalue weighted by molar-refractivity contribution is 0.482. The van der Waals surface area contributed by atoms with E-state index in [-0.39, 0.29) is 0 Å². The molecule has 15 heavy (non-hydrogen) atoms. The minimum atomic E-state index is 0.630. The normalized spacial score (nSPS) is 9.93. The molecule has 4 heteroatoms. The number of nitrogens with two attached hydrogens (primary N) is 1. The molecule has 1 heterocycles. The van der Waals surface area contributed by atoms with Crippen LogP contribution in [0.2, 0.25) is 0 Å². The second-order valence-electron chi connectivity index (χ2n) is 2.97. The fourth-order valence-electron chi connectivity index (χ4n) is 1.15. The van der Waals surface area contributed by atoms with Crippen molar-refractivity contribution in [2.45, 2.75) is 0 Å². The molecule has 0 amide bonds. The molecular weight excluding hydrogens is 303 g/mol. The van der Waals surface area contributed by atoms with Gasteiger partial charge in [-0.3, -0.25) is 4.98 Å². The van der Waals surface area contributed by atoms with Gasteiger partial charge in [0.15, 0.2) is 0 Å². The van der Waals surface area contributed by atoms with Crippen molar-refractivity contribution in [1.29, 1.82) is 0 Å². The van der Waals surface area contributed by atoms with E-state index >= 15 is 0 Å². The summed E-state index contributed by atoms with van der Waals surface area (Å²) < 4.78 is 6.66. The molecule has 0 bridgehead atoms. The molecule has 1 aromatic heterocycles. The van der Waals surface area contributed by atoms with Crippen LogP contribution in [0.1, 0.15) is 0 Å². The molecule has 2 rings (SSSR count). The van der Waals surface area contributed by atoms with Crippen LogP contribution in [-0.4, -0.2) is 4.98 Å². The molecule has 0 spiro atoms. The van der Waals surface area contributed by atoms with Crippen molar-refractivity contribution in [1.82, 2.24) is 4.98 Å². The van der Waals surface area contributed by atoms with Crippen molar-refractivity contribution in [3.8, 4) is 11.5 Å². The summed E-state index contributed by atoms with van der Waals surface area (Å²) >= 11 is 2.21. The minimum Gasteiger partial charge on any atom is -0.454 e. The first-order valence-electron chi connectivity index (χ1n) is 4.38. The zero-order chi connectivity index (χ0) is 10.7. The van der Waals surface area contributed by atoms with Crippen LogP contribution < -0.4 is 10.5 Å². The maximum Gasteiger partial charge on any atom is 0.150 e. The van der Waals surface area contributed by atoms with Crippen LogP contribution in [0.5, 0.6) is 11.5 Å². The maximum atomic E-state index is 5.82. The van der Waals surface area contributed by atoms with Gasteiger partial charge in [0.05, 0.1) is 11.9 Å². The smallest absolute Gasteiger partial charge is 0.150 e. The first-order valence-corrected chi connectivity index (χ1v) is 5.46. The van der Waals surface area contributed by atoms with Crippen molar-refractivity contribution in [3.05, 3.63) is 46.3 Å². The van der Waals surface area contributed by atoms with Crippen LogP contribution in [0, 0.1) is 3.57 Å². The maximum absolute atomic E-state index is 5.82. The summed E-state index contributed by atoms with van der Waals surface area (Å²) in [6.07, 6.45) is 3.35. The summed E-state index contributed by atoms with van der Waals surface area (Å²) in [5.74, 6) is 1.34. The molecule has 76 valence electrons. The van der Waals surface area contributed by atoms with Crippen molar-refractivity contribution in [2.24, 2.45) is 0 Å². The standard InChI is InChI=1S/C11H9IN2O/c12-8-3-4-11(10(13)6-8)15-9-2-1-5-14-7-9/h1-7H,13H2. The van der Waals surface area contributed by atoms with Crippen LogP contribution in [-0.2, 0) is 0 Å². The van der Waals surface area contributed by atoms with Gasteiger partial charge in [0.2, 0.25) is 0 Å². The lowest BCUT2D eigenvalue weighted by Crippen LogP contribution is -1.92. The predicted octanol–water partition coefficient (Wildman–Crippen LogP) is 3.06. The number of nitrogens with zero attached hydrogens (tertiary/aromatic N) is 1. The molecule has 0 saturated carbocycles. The van der Waals surface area contributed by atoms with Gasteiger partial charge in [-0.05, 0) is 52.9 Å². The van der Waals surface area contributed by atoms with Gasteiger partial charge in [-0.25, -0.2) is 0 Å². The lowest BCUT2D eigenvalue weighted by Gasteiger charge is -2.07. The predicted molar refractivity (Wildman–Crippen MR) is 67.9 cm³/mol. The summed E-state index contributed by atoms with van der Waals surface area (Å²) in [7, 11) is 0. The van der Waals surface area contributed by atoms with E-state index < -0.39 is 0 Å². The highest BCUT2D eigenvalue weighted by molar-refractivity contribution is 14.1. The highest BCUT2D eigenvalue weighted by Gasteiger charge is 2.02. The van der Waals surface area contributed by atoms with Crippen molar-refractivity contribution >= 4 is 28.3 Å². The summed E-state index contributed by atoms with van der Waals surface area (Å²) in [6.45, 7) is 0. The third-order valence-corrected chi connectivity index (χ3v) is 2.51. The van der Waals surface area contributed by atoms with Gasteiger partial charge >= 0.3 is 0 Å². The van der Waals surface area contributed by atoms with Crippen LogP contribution in [0.3, 0.4) is 0 Å². The zero-order valence-corrected chi connectivity index (χ0v) is 10.0. The number of hydrogen-bond donors (Lipinski definition) is 1. The summed E-state index contributed by atoms with van der Waals surface area (Å²) in [5.41, 5.74) is 6.45. The van der Waals surface area contributed by atoms with Gasteiger partial charge in [-0.1, -0.05) is 0 Å². The van der Waals surface area contributed by atoms with Crippen LogP contribution in [0.4, 0.5) is 5.69 Å². The zero-order valence-electron chi connectivity index (χ0n) is 7.85. The Balaban J connectivity index is 2.25. The number of nitrogen functional groups attached to an aromatic ring is 1. The lowest BCUT2D eigenvalue weighted by atomic mass is 10.3. The highest BCUT2D eigenvalue weighted by Crippen LogP contribution is 2.27. The Morgan fingerprint density at radius 2 is 2.13 bits per heavy atom. The number of anilines is 1. The SMILES string of the molecule is Nc1cc(I)ccc1Oc1cccnc1. The molecule has 0 unspecified atom stereocenters. The van der Waals surface area contributed by atoms with Crippen LogP contribution in [0.15, 0.2) is 42.7 Å². The fourth-order valence-corrected chi connectivity index (χ4v) is 1.66. The Morgan fingerprint density at radius 1 is 1.27 bits per heavy atom. The quantitative estimate of drug-likeness (QED) is 0.685. The molecule has 3 nitrogen and oxygen atoms in total. The second-order valence-corrected chi connectivity index (χ2v) is 4.22. The van der Waals surface area contributed by atoms with E-state index in [1.807, 2.05) is 30.3 Å². The molecule has 0 aliphatic rings. The van der Waals surface area contributed by atoms with Crippen LogP contribution in [0.25, 0.3) is 0 Å². The van der Waals surface area contributed by atoms with E-state index in [0.29, 0.717) is 17.2 Å². The number of aromatic nitrogens is 1. The molecule has 0 atom stereocenters. The van der Waals surface area contributed by atoms with E-state index in [4.69, 9.17) is 10.5 Å². The van der Waals surface area contributed by atoms with Gasteiger partial charge < -0.3 is 10.5 Å². The largest absolute Gasteiger partial charge is 0.454 e. The first kappa shape index (κ1) is 10.2. The molecule has 0 radical (unpaired) electrons. The number of pyridine rings is 1. The summed E-state index contributed by atoms with van der Waals surface area (Å²) in [6, 6.07) is 9.32. The van der Waals surface area contributed by atoms with E-state index in [1.165, 1.54) is 0 Å². The number of halogens is 1. The Kier molecular flexibility index (Phi) is 3.05. The average molecular weight is 312 g/mol. The molecule has 1 aromatic carbocycles. The van der Waals surface area contributed by atoms with E-state index in [0.717, 1.165) is 3.57 Å². The van der Waals surface area contributed by atoms with Crippen molar-refractivity contribution in [2.75, 3.05) is 5.73 Å². The Morgan fingerprint density at radius 3 is 2.80 bits per heavy atom. The summed E-state index contributed by atoms with van der Waals surface area (Å²) in [4.78, 5) is 3.96. The fraction of sp³-hybridized carbons (Fsp3) is 0. The van der Waals surface area contributed by atoms with E-state index in [1.54, 1.807) is 12.4 Å². The number of hydrogen-bond acceptors (Lipinski definition) is 3. The molecular formula is C11H9IN2O. The number of rotatable bonds is 2. The topological polar surface area (TPSA) is 48.1 Å². The second kappa shape index (κ2) is 4.48. The van der Waals surface area contributed by atoms with Gasteiger partial charge in [0.25, 0.3) is 0 Å². The number of benzene rings is 1. The molecule has 0 fully saturated rings. The third-order valence-electron chi connectivity index (χ3n) is 1.83. The molecule has 0 saturated heterocycles. The molecule has 0 aliphatic carbocycles. The van der Waals surface area contributed by atoms with Crippen LogP contribution >= 0.6 is 22.6 Å². The number of ether oxygens (including phenoxy) is 1. The van der Waals surface area contributed by atoms with E-state index in [9.17, 15) is 0 Å². The van der Waals surface area contributed by atoms with Crippen molar-refractivity contribution < 1.29 is 4.74 Å². The monoisotopic (exact) mass is 312 g/mol. The van der Waals surface area contributed by atoms with E-state index in [2.05, 4.69) is 27.6 Å². The van der Waals surface area contributed by atoms with Gasteiger partial charge in [0, 0.05) is 9.77 Å². The molecule has 2 aromatic rings. The third kappa shape index (κ3) is 2.59. The Bertz CT molecular complexity index is 459. The van der Waals surface area contributed by atoms with Gasteiger partial charge in [-0.2, -0.15) is 0 Å². The first-order chi connectivity index (χ1) is 7.25. The molecule has 0 aliphatic heterocycles.